The summed E-state index contributed by atoms with van der Waals surface area (Å²) in [4.78, 5) is 11.4. The topological polar surface area (TPSA) is 55.1 Å². The minimum Gasteiger partial charge on any atom is -0.478 e. The van der Waals surface area contributed by atoms with Gasteiger partial charge in [0.1, 0.15) is 17.1 Å². The Labute approximate surface area is 130 Å². The number of carboxylic acids is 1. The number of hydrogen-bond donors (Lipinski definition) is 1. The Bertz CT molecular complexity index is 666. The first-order valence-electron chi connectivity index (χ1n) is 6.75. The van der Waals surface area contributed by atoms with Crippen LogP contribution in [0.5, 0.6) is 0 Å². The van der Waals surface area contributed by atoms with E-state index in [0.717, 1.165) is 12.8 Å². The van der Waals surface area contributed by atoms with Crippen LogP contribution in [0, 0.1) is 5.82 Å². The first-order chi connectivity index (χ1) is 9.97. The van der Waals surface area contributed by atoms with Gasteiger partial charge in [0, 0.05) is 16.2 Å². The quantitative estimate of drug-likeness (QED) is 0.859. The van der Waals surface area contributed by atoms with Gasteiger partial charge >= 0.3 is 5.97 Å². The molecule has 1 aromatic heterocycles. The lowest BCUT2D eigenvalue weighted by molar-refractivity contribution is 0.0697. The number of aromatic nitrogens is 2. The normalized spacial score (nSPS) is 11.1. The lowest BCUT2D eigenvalue weighted by atomic mass is 10.1. The van der Waals surface area contributed by atoms with Gasteiger partial charge in [-0.15, -0.1) is 0 Å². The van der Waals surface area contributed by atoms with Crippen molar-refractivity contribution in [3.63, 3.8) is 0 Å². The summed E-state index contributed by atoms with van der Waals surface area (Å²) in [5, 5.41) is 13.8. The van der Waals surface area contributed by atoms with E-state index in [4.69, 9.17) is 0 Å². The minimum absolute atomic E-state index is 0.120. The van der Waals surface area contributed by atoms with Crippen molar-refractivity contribution in [1.29, 1.82) is 0 Å². The zero-order valence-corrected chi connectivity index (χ0v) is 13.4. The summed E-state index contributed by atoms with van der Waals surface area (Å²) in [6.07, 6.45) is 3.27. The predicted octanol–water partition coefficient (Wildman–Crippen LogP) is 4.51. The zero-order chi connectivity index (χ0) is 15.6. The van der Waals surface area contributed by atoms with Gasteiger partial charge in [-0.3, -0.25) is 4.68 Å². The molecule has 112 valence electrons. The van der Waals surface area contributed by atoms with Gasteiger partial charge in [-0.05, 0) is 47.0 Å². The van der Waals surface area contributed by atoms with Gasteiger partial charge < -0.3 is 5.11 Å². The molecule has 0 bridgehead atoms. The third-order valence-corrected chi connectivity index (χ3v) is 4.12. The summed E-state index contributed by atoms with van der Waals surface area (Å²) in [7, 11) is 0. The van der Waals surface area contributed by atoms with E-state index < -0.39 is 5.97 Å². The molecular weight excluding hydrogens is 339 g/mol. The maximum absolute atomic E-state index is 13.2. The molecule has 0 amide bonds. The van der Waals surface area contributed by atoms with E-state index in [9.17, 15) is 14.3 Å². The first-order valence-corrected chi connectivity index (χ1v) is 7.55. The van der Waals surface area contributed by atoms with Crippen LogP contribution in [0.25, 0.3) is 11.3 Å². The standard InChI is InChI=1S/C15H16BrFN2O2/c1-3-10(4-2)19-8-12(15(20)21)14(18-19)11-6-5-9(17)7-13(11)16/h5-8,10H,3-4H2,1-2H3,(H,20,21). The average Bonchev–Trinajstić information content (AvgIpc) is 2.85. The van der Waals surface area contributed by atoms with Gasteiger partial charge in [-0.2, -0.15) is 5.10 Å². The van der Waals surface area contributed by atoms with Crippen LogP contribution >= 0.6 is 15.9 Å². The maximum atomic E-state index is 13.2. The van der Waals surface area contributed by atoms with Gasteiger partial charge in [-0.25, -0.2) is 9.18 Å². The minimum atomic E-state index is -1.04. The summed E-state index contributed by atoms with van der Waals surface area (Å²) in [6.45, 7) is 4.06. The molecule has 0 atom stereocenters. The molecule has 0 saturated heterocycles. The summed E-state index contributed by atoms with van der Waals surface area (Å²) in [5.74, 6) is -1.43. The third kappa shape index (κ3) is 3.15. The van der Waals surface area contributed by atoms with E-state index in [-0.39, 0.29) is 17.4 Å². The number of benzene rings is 1. The van der Waals surface area contributed by atoms with Gasteiger partial charge in [-0.1, -0.05) is 13.8 Å². The number of carboxylic acid groups (broad SMARTS) is 1. The molecule has 0 unspecified atom stereocenters. The van der Waals surface area contributed by atoms with E-state index in [1.807, 2.05) is 13.8 Å². The van der Waals surface area contributed by atoms with E-state index in [1.54, 1.807) is 10.9 Å². The van der Waals surface area contributed by atoms with Crippen LogP contribution in [-0.2, 0) is 0 Å². The molecule has 2 rings (SSSR count). The molecular formula is C15H16BrFN2O2. The number of hydrogen-bond acceptors (Lipinski definition) is 2. The van der Waals surface area contributed by atoms with Gasteiger partial charge in [0.25, 0.3) is 0 Å². The smallest absolute Gasteiger partial charge is 0.339 e. The van der Waals surface area contributed by atoms with Crippen molar-refractivity contribution < 1.29 is 14.3 Å². The molecule has 0 fully saturated rings. The largest absolute Gasteiger partial charge is 0.478 e. The number of halogens is 2. The Balaban J connectivity index is 2.58. The molecule has 1 N–H and O–H groups in total. The predicted molar refractivity (Wildman–Crippen MR) is 81.9 cm³/mol. The fraction of sp³-hybridized carbons (Fsp3) is 0.333. The lowest BCUT2D eigenvalue weighted by Crippen LogP contribution is -2.07. The monoisotopic (exact) mass is 354 g/mol. The first kappa shape index (κ1) is 15.7. The molecule has 2 aromatic rings. The van der Waals surface area contributed by atoms with Crippen molar-refractivity contribution in [2.45, 2.75) is 32.7 Å². The summed E-state index contributed by atoms with van der Waals surface area (Å²) in [5.41, 5.74) is 1.04. The number of rotatable bonds is 5. The van der Waals surface area contributed by atoms with Gasteiger partial charge in [0.15, 0.2) is 0 Å². The van der Waals surface area contributed by atoms with Crippen LogP contribution < -0.4 is 0 Å². The lowest BCUT2D eigenvalue weighted by Gasteiger charge is -2.12. The maximum Gasteiger partial charge on any atom is 0.339 e. The second kappa shape index (κ2) is 6.39. The fourth-order valence-corrected chi connectivity index (χ4v) is 2.82. The molecule has 21 heavy (non-hydrogen) atoms. The molecule has 6 heteroatoms. The van der Waals surface area contributed by atoms with Crippen molar-refractivity contribution in [3.8, 4) is 11.3 Å². The molecule has 0 aliphatic heterocycles. The zero-order valence-electron chi connectivity index (χ0n) is 11.8. The molecule has 0 aliphatic rings. The average molecular weight is 355 g/mol. The summed E-state index contributed by atoms with van der Waals surface area (Å²) < 4.78 is 15.4. The van der Waals surface area contributed by atoms with Crippen molar-refractivity contribution in [3.05, 3.63) is 40.2 Å². The van der Waals surface area contributed by atoms with Gasteiger partial charge in [0.2, 0.25) is 0 Å². The molecule has 1 aromatic carbocycles. The van der Waals surface area contributed by atoms with E-state index in [2.05, 4.69) is 21.0 Å². The fourth-order valence-electron chi connectivity index (χ4n) is 2.28. The van der Waals surface area contributed by atoms with Crippen LogP contribution in [0.15, 0.2) is 28.9 Å². The highest BCUT2D eigenvalue weighted by atomic mass is 79.9. The van der Waals surface area contributed by atoms with Crippen LogP contribution in [0.4, 0.5) is 4.39 Å². The SMILES string of the molecule is CCC(CC)n1cc(C(=O)O)c(-c2ccc(F)cc2Br)n1. The molecule has 0 aliphatic carbocycles. The van der Waals surface area contributed by atoms with Crippen LogP contribution in [0.3, 0.4) is 0 Å². The van der Waals surface area contributed by atoms with Crippen LogP contribution in [-0.4, -0.2) is 20.9 Å². The Morgan fingerprint density at radius 2 is 2.10 bits per heavy atom. The summed E-state index contributed by atoms with van der Waals surface area (Å²) in [6, 6.07) is 4.28. The third-order valence-electron chi connectivity index (χ3n) is 3.47. The molecule has 4 nitrogen and oxygen atoms in total. The second-order valence-electron chi connectivity index (χ2n) is 4.77. The molecule has 0 saturated carbocycles. The van der Waals surface area contributed by atoms with E-state index >= 15 is 0 Å². The van der Waals surface area contributed by atoms with Gasteiger partial charge in [0.05, 0.1) is 6.04 Å². The van der Waals surface area contributed by atoms with Crippen LogP contribution in [0.1, 0.15) is 43.1 Å². The molecule has 0 radical (unpaired) electrons. The van der Waals surface area contributed by atoms with Crippen molar-refractivity contribution in [2.75, 3.05) is 0 Å². The Morgan fingerprint density at radius 1 is 1.43 bits per heavy atom. The van der Waals surface area contributed by atoms with Crippen LogP contribution in [0.2, 0.25) is 0 Å². The Hall–Kier alpha value is -1.69. The number of nitrogens with zero attached hydrogens (tertiary/aromatic N) is 2. The Morgan fingerprint density at radius 3 is 2.62 bits per heavy atom. The van der Waals surface area contributed by atoms with Crippen molar-refractivity contribution in [1.82, 2.24) is 9.78 Å². The highest BCUT2D eigenvalue weighted by molar-refractivity contribution is 9.10. The highest BCUT2D eigenvalue weighted by Gasteiger charge is 2.21. The van der Waals surface area contributed by atoms with E-state index in [0.29, 0.717) is 15.7 Å². The molecule has 0 spiro atoms. The number of aromatic carboxylic acids is 1. The van der Waals surface area contributed by atoms with Crippen molar-refractivity contribution >= 4 is 21.9 Å². The van der Waals surface area contributed by atoms with E-state index in [1.165, 1.54) is 18.2 Å². The van der Waals surface area contributed by atoms with Crippen molar-refractivity contribution in [2.24, 2.45) is 0 Å². The number of carbonyl (C=O) groups is 1. The Kier molecular flexibility index (Phi) is 4.77. The molecule has 1 heterocycles. The second-order valence-corrected chi connectivity index (χ2v) is 5.63. The highest BCUT2D eigenvalue weighted by Crippen LogP contribution is 2.31. The summed E-state index contributed by atoms with van der Waals surface area (Å²) >= 11 is 3.27.